The molecule has 364 valence electrons. The van der Waals surface area contributed by atoms with Gasteiger partial charge in [-0.15, -0.1) is 0 Å². The second-order valence-electron chi connectivity index (χ2n) is 18.3. The van der Waals surface area contributed by atoms with Gasteiger partial charge < -0.3 is 40.3 Å². The van der Waals surface area contributed by atoms with Crippen molar-refractivity contribution in [1.29, 1.82) is 0 Å². The number of allylic oxidation sites excluding steroid dienone is 5. The zero-order valence-electron chi connectivity index (χ0n) is 40.1. The average Bonchev–Trinajstić information content (AvgIpc) is 3.27. The third kappa shape index (κ3) is 33.0. The number of hydrogen-bond acceptors (Lipinski definition) is 8. The first-order valence-electron chi connectivity index (χ1n) is 26.2. The Morgan fingerprint density at radius 3 is 1.39 bits per heavy atom. The fraction of sp³-hybridized carbons (Fsp3) is 0.868. The molecular formula is C53H99NO8. The number of rotatable bonds is 44. The molecule has 1 heterocycles. The lowest BCUT2D eigenvalue weighted by atomic mass is 9.99. The lowest BCUT2D eigenvalue weighted by Crippen LogP contribution is -2.60. The van der Waals surface area contributed by atoms with Crippen molar-refractivity contribution in [3.63, 3.8) is 0 Å². The number of nitrogens with one attached hydrogen (secondary N) is 1. The lowest BCUT2D eigenvalue weighted by molar-refractivity contribution is -0.302. The first-order chi connectivity index (χ1) is 30.3. The zero-order valence-corrected chi connectivity index (χ0v) is 40.1. The van der Waals surface area contributed by atoms with Crippen molar-refractivity contribution in [2.75, 3.05) is 13.2 Å². The van der Waals surface area contributed by atoms with Crippen molar-refractivity contribution >= 4 is 5.91 Å². The molecule has 0 saturated carbocycles. The van der Waals surface area contributed by atoms with Crippen LogP contribution in [0.2, 0.25) is 0 Å². The third-order valence-electron chi connectivity index (χ3n) is 12.5. The molecule has 1 aliphatic heterocycles. The quantitative estimate of drug-likeness (QED) is 0.0262. The molecule has 9 nitrogen and oxygen atoms in total. The molecule has 1 rings (SSSR count). The van der Waals surface area contributed by atoms with Crippen molar-refractivity contribution in [2.45, 2.75) is 281 Å². The molecule has 1 aliphatic rings. The van der Waals surface area contributed by atoms with E-state index >= 15 is 0 Å². The Balaban J connectivity index is 2.24. The standard InChI is InChI=1S/C53H99NO8/c1-3-5-7-9-11-13-15-17-19-20-21-22-23-24-25-26-27-28-29-31-33-35-37-39-41-43-49(57)54-46(45-61-53-52(60)51(59)50(58)48(44-55)62-53)47(56)42-40-38-36-34-32-30-18-16-14-12-10-8-6-4-2/h15,17,20-21,40,42,46-48,50-53,55-56,58-60H,3-14,16,18-19,22-39,41,43-45H2,1-2H3,(H,54,57)/b17-15-,21-20-,42-40+. The molecular weight excluding hydrogens is 779 g/mol. The lowest BCUT2D eigenvalue weighted by Gasteiger charge is -2.40. The number of unbranched alkanes of at least 4 members (excludes halogenated alkanes) is 30. The number of carbonyl (C=O) groups is 1. The van der Waals surface area contributed by atoms with E-state index in [1.54, 1.807) is 6.08 Å². The maximum absolute atomic E-state index is 13.0. The molecule has 0 radical (unpaired) electrons. The molecule has 0 aromatic heterocycles. The molecule has 1 fully saturated rings. The van der Waals surface area contributed by atoms with E-state index in [0.29, 0.717) is 6.42 Å². The first-order valence-corrected chi connectivity index (χ1v) is 26.2. The highest BCUT2D eigenvalue weighted by molar-refractivity contribution is 5.76. The highest BCUT2D eigenvalue weighted by Gasteiger charge is 2.44. The topological polar surface area (TPSA) is 149 Å². The van der Waals surface area contributed by atoms with Crippen LogP contribution in [0.25, 0.3) is 0 Å². The van der Waals surface area contributed by atoms with E-state index in [4.69, 9.17) is 9.47 Å². The minimum atomic E-state index is -1.57. The molecule has 0 aliphatic carbocycles. The summed E-state index contributed by atoms with van der Waals surface area (Å²) in [4.78, 5) is 13.0. The molecule has 6 N–H and O–H groups in total. The average molecular weight is 878 g/mol. The van der Waals surface area contributed by atoms with Gasteiger partial charge in [-0.3, -0.25) is 4.79 Å². The van der Waals surface area contributed by atoms with E-state index in [1.807, 2.05) is 6.08 Å². The number of aliphatic hydroxyl groups excluding tert-OH is 5. The second-order valence-corrected chi connectivity index (χ2v) is 18.3. The van der Waals surface area contributed by atoms with Crippen LogP contribution in [0.1, 0.15) is 239 Å². The third-order valence-corrected chi connectivity index (χ3v) is 12.5. The van der Waals surface area contributed by atoms with Crippen LogP contribution in [-0.2, 0) is 14.3 Å². The van der Waals surface area contributed by atoms with E-state index in [9.17, 15) is 30.3 Å². The van der Waals surface area contributed by atoms with Gasteiger partial charge in [-0.2, -0.15) is 0 Å². The van der Waals surface area contributed by atoms with Gasteiger partial charge in [0.15, 0.2) is 6.29 Å². The van der Waals surface area contributed by atoms with Crippen molar-refractivity contribution in [2.24, 2.45) is 0 Å². The fourth-order valence-electron chi connectivity index (χ4n) is 8.25. The summed E-state index contributed by atoms with van der Waals surface area (Å²) >= 11 is 0. The summed E-state index contributed by atoms with van der Waals surface area (Å²) in [6, 6.07) is -0.803. The summed E-state index contributed by atoms with van der Waals surface area (Å²) in [7, 11) is 0. The first kappa shape index (κ1) is 58.4. The SMILES string of the molecule is CCCCCCC/C=C\C/C=C\CCCCCCCCCCCCCCCC(=O)NC(COC1OC(CO)C(O)C(O)C1O)C(O)/C=C/CCCCCCCCCCCCCC. The van der Waals surface area contributed by atoms with Gasteiger partial charge in [0, 0.05) is 6.42 Å². The van der Waals surface area contributed by atoms with Crippen LogP contribution in [-0.4, -0.2) is 87.5 Å². The second kappa shape index (κ2) is 43.3. The van der Waals surface area contributed by atoms with Crippen LogP contribution in [0.4, 0.5) is 0 Å². The van der Waals surface area contributed by atoms with E-state index in [1.165, 1.54) is 173 Å². The highest BCUT2D eigenvalue weighted by atomic mass is 16.7. The van der Waals surface area contributed by atoms with Crippen LogP contribution >= 0.6 is 0 Å². The summed E-state index contributed by atoms with van der Waals surface area (Å²) in [5, 5.41) is 54.3. The van der Waals surface area contributed by atoms with Crippen molar-refractivity contribution in [3.8, 4) is 0 Å². The van der Waals surface area contributed by atoms with Gasteiger partial charge in [-0.25, -0.2) is 0 Å². The molecule has 0 spiro atoms. The predicted octanol–water partition coefficient (Wildman–Crippen LogP) is 12.0. The molecule has 0 aromatic rings. The molecule has 7 unspecified atom stereocenters. The number of aliphatic hydroxyl groups is 5. The summed E-state index contributed by atoms with van der Waals surface area (Å²) in [6.07, 6.45) is 47.6. The molecule has 7 atom stereocenters. The summed E-state index contributed by atoms with van der Waals surface area (Å²) < 4.78 is 11.2. The maximum Gasteiger partial charge on any atom is 0.220 e. The Morgan fingerprint density at radius 2 is 0.952 bits per heavy atom. The number of ether oxygens (including phenoxy) is 2. The van der Waals surface area contributed by atoms with Gasteiger partial charge in [0.05, 0.1) is 25.4 Å². The minimum Gasteiger partial charge on any atom is -0.394 e. The van der Waals surface area contributed by atoms with Crippen molar-refractivity contribution < 1.29 is 39.8 Å². The van der Waals surface area contributed by atoms with E-state index in [-0.39, 0.29) is 12.5 Å². The van der Waals surface area contributed by atoms with Crippen LogP contribution in [0.5, 0.6) is 0 Å². The Hall–Kier alpha value is -1.59. The van der Waals surface area contributed by atoms with Crippen molar-refractivity contribution in [1.82, 2.24) is 5.32 Å². The Labute approximate surface area is 381 Å². The number of amides is 1. The number of carbonyl (C=O) groups excluding carboxylic acids is 1. The van der Waals surface area contributed by atoms with Crippen LogP contribution in [0.15, 0.2) is 36.5 Å². The van der Waals surface area contributed by atoms with Gasteiger partial charge in [0.1, 0.15) is 24.4 Å². The zero-order chi connectivity index (χ0) is 45.1. The fourth-order valence-corrected chi connectivity index (χ4v) is 8.25. The summed E-state index contributed by atoms with van der Waals surface area (Å²) in [6.45, 7) is 3.77. The van der Waals surface area contributed by atoms with Crippen molar-refractivity contribution in [3.05, 3.63) is 36.5 Å². The van der Waals surface area contributed by atoms with E-state index in [2.05, 4.69) is 43.5 Å². The smallest absolute Gasteiger partial charge is 0.220 e. The summed E-state index contributed by atoms with van der Waals surface area (Å²) in [5.41, 5.74) is 0. The molecule has 62 heavy (non-hydrogen) atoms. The molecule has 1 amide bonds. The minimum absolute atomic E-state index is 0.177. The van der Waals surface area contributed by atoms with Gasteiger partial charge in [0.2, 0.25) is 5.91 Å². The molecule has 0 bridgehead atoms. The predicted molar refractivity (Wildman–Crippen MR) is 258 cm³/mol. The Morgan fingerprint density at radius 1 is 0.548 bits per heavy atom. The monoisotopic (exact) mass is 878 g/mol. The molecule has 1 saturated heterocycles. The van der Waals surface area contributed by atoms with E-state index < -0.39 is 49.5 Å². The molecule has 0 aromatic carbocycles. The van der Waals surface area contributed by atoms with Gasteiger partial charge in [-0.1, -0.05) is 217 Å². The van der Waals surface area contributed by atoms with Gasteiger partial charge >= 0.3 is 0 Å². The van der Waals surface area contributed by atoms with Crippen LogP contribution in [0, 0.1) is 0 Å². The molecule has 9 heteroatoms. The normalized spacial score (nSPS) is 20.5. The van der Waals surface area contributed by atoms with Crippen LogP contribution < -0.4 is 5.32 Å². The Kier molecular flexibility index (Phi) is 40.8. The maximum atomic E-state index is 13.0. The largest absolute Gasteiger partial charge is 0.394 e. The Bertz CT molecular complexity index is 1070. The van der Waals surface area contributed by atoms with Crippen LogP contribution in [0.3, 0.4) is 0 Å². The summed E-state index contributed by atoms with van der Waals surface area (Å²) in [5.74, 6) is -0.177. The highest BCUT2D eigenvalue weighted by Crippen LogP contribution is 2.23. The van der Waals surface area contributed by atoms with Gasteiger partial charge in [-0.05, 0) is 51.4 Å². The van der Waals surface area contributed by atoms with Gasteiger partial charge in [0.25, 0.3) is 0 Å². The number of hydrogen-bond donors (Lipinski definition) is 6. The van der Waals surface area contributed by atoms with E-state index in [0.717, 1.165) is 44.9 Å².